The summed E-state index contributed by atoms with van der Waals surface area (Å²) in [4.78, 5) is 20.6. The van der Waals surface area contributed by atoms with Crippen LogP contribution in [0, 0.1) is 5.82 Å². The highest BCUT2D eigenvalue weighted by Gasteiger charge is 2.23. The Labute approximate surface area is 167 Å². The highest BCUT2D eigenvalue weighted by Crippen LogP contribution is 2.21. The largest absolute Gasteiger partial charge is 0.336 e. The molecule has 8 heteroatoms. The molecule has 6 nitrogen and oxygen atoms in total. The van der Waals surface area contributed by atoms with Crippen LogP contribution >= 0.6 is 11.6 Å². The van der Waals surface area contributed by atoms with Gasteiger partial charge in [0.15, 0.2) is 0 Å². The summed E-state index contributed by atoms with van der Waals surface area (Å²) >= 11 is 6.12. The van der Waals surface area contributed by atoms with E-state index < -0.39 is 0 Å². The number of nitrogens with zero attached hydrogens (tertiary/aromatic N) is 5. The van der Waals surface area contributed by atoms with E-state index in [1.54, 1.807) is 35.3 Å². The average Bonchev–Trinajstić information content (AvgIpc) is 3.26. The minimum absolute atomic E-state index is 0.00582. The zero-order valence-corrected chi connectivity index (χ0v) is 15.9. The Morgan fingerprint density at radius 2 is 1.82 bits per heavy atom. The lowest BCUT2D eigenvalue weighted by Gasteiger charge is -2.35. The number of halogens is 2. The van der Waals surface area contributed by atoms with Gasteiger partial charge in [0.1, 0.15) is 18.5 Å². The lowest BCUT2D eigenvalue weighted by atomic mass is 10.1. The van der Waals surface area contributed by atoms with Crippen molar-refractivity contribution in [3.05, 3.63) is 77.1 Å². The number of carbonyl (C=O) groups is 1. The van der Waals surface area contributed by atoms with E-state index in [2.05, 4.69) is 15.0 Å². The van der Waals surface area contributed by atoms with Crippen molar-refractivity contribution in [3.8, 4) is 5.69 Å². The lowest BCUT2D eigenvalue weighted by Crippen LogP contribution is -2.48. The van der Waals surface area contributed by atoms with E-state index >= 15 is 0 Å². The van der Waals surface area contributed by atoms with Crippen molar-refractivity contribution in [2.75, 3.05) is 26.2 Å². The molecule has 0 bridgehead atoms. The maximum absolute atomic E-state index is 14.0. The van der Waals surface area contributed by atoms with Crippen LogP contribution in [0.2, 0.25) is 5.02 Å². The monoisotopic (exact) mass is 399 g/mol. The predicted octanol–water partition coefficient (Wildman–Crippen LogP) is 3.02. The van der Waals surface area contributed by atoms with Crippen molar-refractivity contribution >= 4 is 17.5 Å². The van der Waals surface area contributed by atoms with Crippen molar-refractivity contribution in [1.82, 2.24) is 24.6 Å². The molecule has 1 aliphatic rings. The van der Waals surface area contributed by atoms with Crippen LogP contribution in [0.5, 0.6) is 0 Å². The number of hydrogen-bond donors (Lipinski definition) is 0. The summed E-state index contributed by atoms with van der Waals surface area (Å²) in [6, 6.07) is 12.0. The molecule has 1 amide bonds. The van der Waals surface area contributed by atoms with Crippen LogP contribution < -0.4 is 0 Å². The number of rotatable bonds is 4. The van der Waals surface area contributed by atoms with Crippen LogP contribution in [-0.4, -0.2) is 56.7 Å². The van der Waals surface area contributed by atoms with E-state index in [1.807, 2.05) is 17.0 Å². The van der Waals surface area contributed by atoms with Gasteiger partial charge in [-0.3, -0.25) is 9.69 Å². The second-order valence-electron chi connectivity index (χ2n) is 6.66. The second kappa shape index (κ2) is 8.08. The summed E-state index contributed by atoms with van der Waals surface area (Å²) in [6.07, 6.45) is 3.07. The molecule has 0 N–H and O–H groups in total. The fourth-order valence-electron chi connectivity index (χ4n) is 3.30. The molecule has 0 radical (unpaired) electrons. The van der Waals surface area contributed by atoms with Gasteiger partial charge < -0.3 is 4.90 Å². The fraction of sp³-hybridized carbons (Fsp3) is 0.250. The van der Waals surface area contributed by atoms with Crippen molar-refractivity contribution in [3.63, 3.8) is 0 Å². The molecule has 0 spiro atoms. The molecule has 0 unspecified atom stereocenters. The first-order valence-corrected chi connectivity index (χ1v) is 9.39. The molecule has 2 aromatic carbocycles. The van der Waals surface area contributed by atoms with Crippen LogP contribution in [0.15, 0.2) is 55.1 Å². The van der Waals surface area contributed by atoms with Gasteiger partial charge in [0.05, 0.1) is 5.69 Å². The summed E-state index contributed by atoms with van der Waals surface area (Å²) in [5.74, 6) is -0.299. The molecule has 1 aromatic heterocycles. The summed E-state index contributed by atoms with van der Waals surface area (Å²) in [5.41, 5.74) is 1.99. The molecule has 28 heavy (non-hydrogen) atoms. The van der Waals surface area contributed by atoms with Gasteiger partial charge in [0, 0.05) is 48.9 Å². The molecule has 0 saturated carbocycles. The lowest BCUT2D eigenvalue weighted by molar-refractivity contribution is 0.0627. The molecule has 1 fully saturated rings. The van der Waals surface area contributed by atoms with E-state index in [1.165, 1.54) is 12.4 Å². The van der Waals surface area contributed by atoms with Crippen LogP contribution in [0.25, 0.3) is 5.69 Å². The van der Waals surface area contributed by atoms with Crippen molar-refractivity contribution in [2.24, 2.45) is 0 Å². The van der Waals surface area contributed by atoms with Crippen LogP contribution in [0.1, 0.15) is 15.9 Å². The number of carbonyl (C=O) groups excluding carboxylic acids is 1. The predicted molar refractivity (Wildman–Crippen MR) is 104 cm³/mol. The van der Waals surface area contributed by atoms with Gasteiger partial charge in [-0.25, -0.2) is 14.1 Å². The first-order chi connectivity index (χ1) is 13.6. The van der Waals surface area contributed by atoms with Crippen LogP contribution in [0.4, 0.5) is 4.39 Å². The number of aromatic nitrogens is 3. The van der Waals surface area contributed by atoms with E-state index in [4.69, 9.17) is 11.6 Å². The van der Waals surface area contributed by atoms with Crippen LogP contribution in [0.3, 0.4) is 0 Å². The topological polar surface area (TPSA) is 54.3 Å². The van der Waals surface area contributed by atoms with Gasteiger partial charge in [0.25, 0.3) is 5.91 Å². The van der Waals surface area contributed by atoms with Crippen molar-refractivity contribution < 1.29 is 9.18 Å². The number of piperazine rings is 1. The fourth-order valence-corrected chi connectivity index (χ4v) is 3.52. The van der Waals surface area contributed by atoms with Crippen molar-refractivity contribution in [1.29, 1.82) is 0 Å². The molecule has 2 heterocycles. The summed E-state index contributed by atoms with van der Waals surface area (Å²) < 4.78 is 15.6. The average molecular weight is 400 g/mol. The summed E-state index contributed by atoms with van der Waals surface area (Å²) in [7, 11) is 0. The van der Waals surface area contributed by atoms with E-state index in [9.17, 15) is 9.18 Å². The van der Waals surface area contributed by atoms with Crippen LogP contribution in [-0.2, 0) is 6.54 Å². The third-order valence-electron chi connectivity index (χ3n) is 4.90. The Morgan fingerprint density at radius 3 is 2.46 bits per heavy atom. The Hall–Kier alpha value is -2.77. The standard InChI is InChI=1S/C20H19ClFN5O/c21-18-2-1-3-19(22)17(18)12-25-8-10-26(11-9-25)20(28)15-4-6-16(7-5-15)27-14-23-13-24-27/h1-7,13-14H,8-12H2. The highest BCUT2D eigenvalue weighted by atomic mass is 35.5. The number of amides is 1. The molecule has 0 atom stereocenters. The normalized spacial score (nSPS) is 15.0. The smallest absolute Gasteiger partial charge is 0.253 e. The minimum Gasteiger partial charge on any atom is -0.336 e. The SMILES string of the molecule is O=C(c1ccc(-n2cncn2)cc1)N1CCN(Cc2c(F)cccc2Cl)CC1. The molecule has 3 aromatic rings. The molecule has 0 aliphatic carbocycles. The Balaban J connectivity index is 1.36. The molecule has 144 valence electrons. The third kappa shape index (κ3) is 3.90. The van der Waals surface area contributed by atoms with Crippen molar-refractivity contribution in [2.45, 2.75) is 6.54 Å². The summed E-state index contributed by atoms with van der Waals surface area (Å²) in [6.45, 7) is 2.98. The van der Waals surface area contributed by atoms with Gasteiger partial charge in [-0.05, 0) is 36.4 Å². The van der Waals surface area contributed by atoms with E-state index in [-0.39, 0.29) is 11.7 Å². The Kier molecular flexibility index (Phi) is 5.36. The zero-order chi connectivity index (χ0) is 19.5. The van der Waals surface area contributed by atoms with Gasteiger partial charge in [-0.15, -0.1) is 0 Å². The Morgan fingerprint density at radius 1 is 1.07 bits per heavy atom. The van der Waals surface area contributed by atoms with E-state index in [0.29, 0.717) is 48.9 Å². The Bertz CT molecular complexity index is 933. The molecular weight excluding hydrogens is 381 g/mol. The molecular formula is C20H19ClFN5O. The summed E-state index contributed by atoms with van der Waals surface area (Å²) in [5, 5.41) is 4.51. The first kappa shape index (κ1) is 18.6. The van der Waals surface area contributed by atoms with Gasteiger partial charge >= 0.3 is 0 Å². The maximum Gasteiger partial charge on any atom is 0.253 e. The number of benzene rings is 2. The maximum atomic E-state index is 14.0. The minimum atomic E-state index is -0.293. The van der Waals surface area contributed by atoms with Gasteiger partial charge in [0.2, 0.25) is 0 Å². The molecule has 1 saturated heterocycles. The molecule has 1 aliphatic heterocycles. The third-order valence-corrected chi connectivity index (χ3v) is 5.25. The zero-order valence-electron chi connectivity index (χ0n) is 15.1. The quantitative estimate of drug-likeness (QED) is 0.676. The van der Waals surface area contributed by atoms with Gasteiger partial charge in [-0.2, -0.15) is 5.10 Å². The first-order valence-electron chi connectivity index (χ1n) is 9.01. The van der Waals surface area contributed by atoms with Gasteiger partial charge in [-0.1, -0.05) is 17.7 Å². The van der Waals surface area contributed by atoms with E-state index in [0.717, 1.165) is 5.69 Å². The highest BCUT2D eigenvalue weighted by molar-refractivity contribution is 6.31. The number of hydrogen-bond acceptors (Lipinski definition) is 4. The second-order valence-corrected chi connectivity index (χ2v) is 7.06. The molecule has 4 rings (SSSR count).